The topological polar surface area (TPSA) is 47.9 Å². The highest BCUT2D eigenvalue weighted by atomic mass is 32.1. The number of benzene rings is 1. The Morgan fingerprint density at radius 1 is 1.00 bits per heavy atom. The Bertz CT molecular complexity index is 968. The van der Waals surface area contributed by atoms with E-state index in [4.69, 9.17) is 4.74 Å². The van der Waals surface area contributed by atoms with E-state index in [1.54, 1.807) is 17.4 Å². The molecule has 2 heterocycles. The van der Waals surface area contributed by atoms with E-state index in [2.05, 4.69) is 74.6 Å². The number of hydrogen-bond donors (Lipinski definition) is 0. The molecule has 1 aromatic carbocycles. The largest absolute Gasteiger partial charge is 0.489 e. The second kappa shape index (κ2) is 8.65. The lowest BCUT2D eigenvalue weighted by Crippen LogP contribution is -2.00. The van der Waals surface area contributed by atoms with Crippen molar-refractivity contribution in [3.8, 4) is 26.9 Å². The normalized spacial score (nSPS) is 11.1. The molecule has 0 radical (unpaired) electrons. The summed E-state index contributed by atoms with van der Waals surface area (Å²) in [6, 6.07) is 6.37. The zero-order chi connectivity index (χ0) is 20.3. The number of pyridine rings is 1. The molecule has 0 bridgehead atoms. The quantitative estimate of drug-likeness (QED) is 0.465. The van der Waals surface area contributed by atoms with Crippen LogP contribution in [0.15, 0.2) is 37.1 Å². The zero-order valence-corrected chi connectivity index (χ0v) is 18.1. The van der Waals surface area contributed by atoms with Gasteiger partial charge in [-0.3, -0.25) is 4.98 Å². The first-order valence-corrected chi connectivity index (χ1v) is 10.4. The molecule has 146 valence electrons. The summed E-state index contributed by atoms with van der Waals surface area (Å²) >= 11 is 1.59. The molecule has 0 unspecified atom stereocenters. The third kappa shape index (κ3) is 4.47. The smallest absolute Gasteiger partial charge is 0.149 e. The lowest BCUT2D eigenvalue weighted by Gasteiger charge is -2.12. The van der Waals surface area contributed by atoms with Crippen molar-refractivity contribution in [2.24, 2.45) is 5.92 Å². The molecule has 0 aliphatic rings. The SMILES string of the molecule is C=CCOc1c(C)cc(-c2nnc(-c3cnc(CC(C)C)c(C)c3)s2)cc1C. The Morgan fingerprint density at radius 2 is 1.61 bits per heavy atom. The predicted molar refractivity (Wildman–Crippen MR) is 117 cm³/mol. The van der Waals surface area contributed by atoms with E-state index in [0.29, 0.717) is 12.5 Å². The molecule has 0 amide bonds. The minimum absolute atomic E-state index is 0.503. The first-order valence-electron chi connectivity index (χ1n) is 9.53. The van der Waals surface area contributed by atoms with Crippen molar-refractivity contribution in [2.75, 3.05) is 6.61 Å². The van der Waals surface area contributed by atoms with E-state index in [0.717, 1.165) is 50.1 Å². The fourth-order valence-corrected chi connectivity index (χ4v) is 4.03. The number of nitrogens with zero attached hydrogens (tertiary/aromatic N) is 3. The van der Waals surface area contributed by atoms with Crippen LogP contribution in [0.5, 0.6) is 5.75 Å². The Balaban J connectivity index is 1.88. The number of ether oxygens (including phenoxy) is 1. The lowest BCUT2D eigenvalue weighted by molar-refractivity contribution is 0.358. The Labute approximate surface area is 171 Å². The van der Waals surface area contributed by atoms with Gasteiger partial charge >= 0.3 is 0 Å². The van der Waals surface area contributed by atoms with Crippen molar-refractivity contribution in [1.29, 1.82) is 0 Å². The summed E-state index contributed by atoms with van der Waals surface area (Å²) in [5.74, 6) is 1.50. The maximum Gasteiger partial charge on any atom is 0.149 e. The molecule has 4 nitrogen and oxygen atoms in total. The van der Waals surface area contributed by atoms with Crippen LogP contribution in [0, 0.1) is 26.7 Å². The van der Waals surface area contributed by atoms with Gasteiger partial charge in [0.05, 0.1) is 0 Å². The molecule has 2 aromatic heterocycles. The summed E-state index contributed by atoms with van der Waals surface area (Å²) in [4.78, 5) is 4.66. The summed E-state index contributed by atoms with van der Waals surface area (Å²) in [7, 11) is 0. The van der Waals surface area contributed by atoms with Gasteiger partial charge in [-0.1, -0.05) is 37.8 Å². The average molecular weight is 394 g/mol. The maximum atomic E-state index is 5.77. The van der Waals surface area contributed by atoms with Crippen LogP contribution in [0.1, 0.15) is 36.2 Å². The highest BCUT2D eigenvalue weighted by Gasteiger charge is 2.14. The van der Waals surface area contributed by atoms with Crippen LogP contribution in [-0.4, -0.2) is 21.8 Å². The molecule has 0 aliphatic carbocycles. The molecule has 0 N–H and O–H groups in total. The van der Waals surface area contributed by atoms with E-state index in [9.17, 15) is 0 Å². The van der Waals surface area contributed by atoms with Crippen molar-refractivity contribution in [3.05, 3.63) is 59.4 Å². The van der Waals surface area contributed by atoms with Gasteiger partial charge < -0.3 is 4.74 Å². The van der Waals surface area contributed by atoms with Gasteiger partial charge in [0.2, 0.25) is 0 Å². The van der Waals surface area contributed by atoms with Crippen LogP contribution in [0.2, 0.25) is 0 Å². The third-order valence-electron chi connectivity index (χ3n) is 4.51. The predicted octanol–water partition coefficient (Wildman–Crippen LogP) is 5.96. The molecule has 0 aliphatic heterocycles. The molecule has 3 aromatic rings. The summed E-state index contributed by atoms with van der Waals surface area (Å²) in [6.07, 6.45) is 4.66. The number of aryl methyl sites for hydroxylation is 3. The van der Waals surface area contributed by atoms with Gasteiger partial charge in [-0.25, -0.2) is 0 Å². The highest BCUT2D eigenvalue weighted by molar-refractivity contribution is 7.17. The lowest BCUT2D eigenvalue weighted by atomic mass is 10.0. The van der Waals surface area contributed by atoms with Crippen molar-refractivity contribution in [2.45, 2.75) is 41.0 Å². The second-order valence-corrected chi connectivity index (χ2v) is 8.51. The molecule has 0 saturated carbocycles. The molecular formula is C23H27N3OS. The summed E-state index contributed by atoms with van der Waals surface area (Å²) in [5.41, 5.74) is 6.62. The molecular weight excluding hydrogens is 366 g/mol. The third-order valence-corrected chi connectivity index (χ3v) is 5.53. The average Bonchev–Trinajstić information content (AvgIpc) is 3.12. The van der Waals surface area contributed by atoms with Crippen molar-refractivity contribution >= 4 is 11.3 Å². The molecule has 3 rings (SSSR count). The van der Waals surface area contributed by atoms with Crippen LogP contribution >= 0.6 is 11.3 Å². The number of aromatic nitrogens is 3. The minimum atomic E-state index is 0.503. The summed E-state index contributed by atoms with van der Waals surface area (Å²) in [6.45, 7) is 14.9. The van der Waals surface area contributed by atoms with Gasteiger partial charge in [-0.15, -0.1) is 10.2 Å². The van der Waals surface area contributed by atoms with Gasteiger partial charge in [0.25, 0.3) is 0 Å². The number of hydrogen-bond acceptors (Lipinski definition) is 5. The van der Waals surface area contributed by atoms with E-state index >= 15 is 0 Å². The molecule has 0 atom stereocenters. The highest BCUT2D eigenvalue weighted by Crippen LogP contribution is 2.34. The van der Waals surface area contributed by atoms with Gasteiger partial charge in [0, 0.05) is 23.0 Å². The van der Waals surface area contributed by atoms with Gasteiger partial charge in [0.15, 0.2) is 0 Å². The standard InChI is InChI=1S/C23H27N3OS/c1-7-8-27-21-16(5)11-18(12-17(21)6)22-25-26-23(28-22)19-10-15(4)20(24-13-19)9-14(2)3/h7,10-14H,1,8-9H2,2-6H3. The first-order chi connectivity index (χ1) is 13.4. The monoisotopic (exact) mass is 393 g/mol. The fourth-order valence-electron chi connectivity index (χ4n) is 3.22. The van der Waals surface area contributed by atoms with Crippen LogP contribution in [0.3, 0.4) is 0 Å². The van der Waals surface area contributed by atoms with Gasteiger partial charge in [0.1, 0.15) is 22.4 Å². The first kappa shape index (κ1) is 20.2. The Hall–Kier alpha value is -2.53. The van der Waals surface area contributed by atoms with Crippen LogP contribution in [0.25, 0.3) is 21.1 Å². The summed E-state index contributed by atoms with van der Waals surface area (Å²) in [5, 5.41) is 10.6. The zero-order valence-electron chi connectivity index (χ0n) is 17.2. The molecule has 0 saturated heterocycles. The van der Waals surface area contributed by atoms with Gasteiger partial charge in [-0.2, -0.15) is 0 Å². The van der Waals surface area contributed by atoms with Crippen LogP contribution in [-0.2, 0) is 6.42 Å². The Morgan fingerprint density at radius 3 is 2.18 bits per heavy atom. The molecule has 5 heteroatoms. The van der Waals surface area contributed by atoms with Crippen LogP contribution in [0.4, 0.5) is 0 Å². The number of rotatable bonds is 7. The van der Waals surface area contributed by atoms with E-state index < -0.39 is 0 Å². The maximum absolute atomic E-state index is 5.77. The van der Waals surface area contributed by atoms with E-state index in [-0.39, 0.29) is 0 Å². The van der Waals surface area contributed by atoms with Gasteiger partial charge in [-0.05, 0) is 68.0 Å². The van der Waals surface area contributed by atoms with E-state index in [1.165, 1.54) is 5.56 Å². The Kier molecular flexibility index (Phi) is 6.25. The second-order valence-electron chi connectivity index (χ2n) is 7.54. The molecule has 0 fully saturated rings. The van der Waals surface area contributed by atoms with Crippen molar-refractivity contribution in [3.63, 3.8) is 0 Å². The fraction of sp³-hybridized carbons (Fsp3) is 0.348. The summed E-state index contributed by atoms with van der Waals surface area (Å²) < 4.78 is 5.77. The van der Waals surface area contributed by atoms with Crippen molar-refractivity contribution < 1.29 is 4.74 Å². The molecule has 0 spiro atoms. The van der Waals surface area contributed by atoms with Crippen LogP contribution < -0.4 is 4.74 Å². The minimum Gasteiger partial charge on any atom is -0.489 e. The van der Waals surface area contributed by atoms with Crippen molar-refractivity contribution in [1.82, 2.24) is 15.2 Å². The van der Waals surface area contributed by atoms with E-state index in [1.807, 2.05) is 6.20 Å². The molecule has 28 heavy (non-hydrogen) atoms.